The van der Waals surface area contributed by atoms with Crippen LogP contribution in [0.3, 0.4) is 0 Å². The maximum absolute atomic E-state index is 10.6. The van der Waals surface area contributed by atoms with Gasteiger partial charge in [-0.1, -0.05) is 0 Å². The number of rotatable bonds is 4. The molecule has 0 spiro atoms. The van der Waals surface area contributed by atoms with Gasteiger partial charge in [-0.3, -0.25) is 4.98 Å². The van der Waals surface area contributed by atoms with E-state index in [4.69, 9.17) is 4.74 Å². The largest absolute Gasteiger partial charge is 0.481 e. The monoisotopic (exact) mass is 286 g/mol. The van der Waals surface area contributed by atoms with Crippen LogP contribution >= 0.6 is 0 Å². The SMILES string of the molecule is COc1ccc2nccc([C@@H](O)CN3CC[CH]CC3)c2n1. The Morgan fingerprint density at radius 3 is 2.86 bits per heavy atom. The number of pyridine rings is 2. The Kier molecular flexibility index (Phi) is 4.31. The van der Waals surface area contributed by atoms with Gasteiger partial charge >= 0.3 is 0 Å². The fourth-order valence-corrected chi connectivity index (χ4v) is 2.74. The lowest BCUT2D eigenvalue weighted by atomic mass is 10.1. The molecule has 0 unspecified atom stereocenters. The van der Waals surface area contributed by atoms with Crippen LogP contribution in [-0.4, -0.2) is 46.7 Å². The molecule has 0 aromatic carbocycles. The molecule has 1 atom stereocenters. The molecule has 1 aliphatic rings. The summed E-state index contributed by atoms with van der Waals surface area (Å²) in [6.07, 6.45) is 5.65. The average Bonchev–Trinajstić information content (AvgIpc) is 2.54. The van der Waals surface area contributed by atoms with Gasteiger partial charge in [0.2, 0.25) is 5.88 Å². The molecular formula is C16H20N3O2. The van der Waals surface area contributed by atoms with Crippen LogP contribution in [0.25, 0.3) is 11.0 Å². The lowest BCUT2D eigenvalue weighted by Gasteiger charge is -2.28. The number of hydrogen-bond donors (Lipinski definition) is 1. The average molecular weight is 286 g/mol. The van der Waals surface area contributed by atoms with Gasteiger partial charge < -0.3 is 14.7 Å². The summed E-state index contributed by atoms with van der Waals surface area (Å²) in [4.78, 5) is 11.0. The maximum atomic E-state index is 10.6. The standard InChI is InChI=1S/C16H20N3O2/c1-21-15-6-5-13-16(18-15)12(7-8-17-13)14(20)11-19-9-3-2-4-10-19/h2,5-8,14,20H,3-4,9-11H2,1H3/t14-/m0/s1. The number of nitrogens with zero attached hydrogens (tertiary/aromatic N) is 3. The Morgan fingerprint density at radius 1 is 1.29 bits per heavy atom. The summed E-state index contributed by atoms with van der Waals surface area (Å²) in [5, 5.41) is 10.6. The summed E-state index contributed by atoms with van der Waals surface area (Å²) in [7, 11) is 1.59. The van der Waals surface area contributed by atoms with E-state index >= 15 is 0 Å². The number of fused-ring (bicyclic) bond motifs is 1. The zero-order chi connectivity index (χ0) is 14.7. The van der Waals surface area contributed by atoms with E-state index < -0.39 is 6.10 Å². The molecule has 5 heteroatoms. The topological polar surface area (TPSA) is 58.5 Å². The summed E-state index contributed by atoms with van der Waals surface area (Å²) >= 11 is 0. The highest BCUT2D eigenvalue weighted by Crippen LogP contribution is 2.24. The molecule has 5 nitrogen and oxygen atoms in total. The van der Waals surface area contributed by atoms with E-state index in [0.29, 0.717) is 17.9 Å². The highest BCUT2D eigenvalue weighted by Gasteiger charge is 2.18. The van der Waals surface area contributed by atoms with Crippen LogP contribution in [0.4, 0.5) is 0 Å². The van der Waals surface area contributed by atoms with E-state index in [-0.39, 0.29) is 0 Å². The van der Waals surface area contributed by atoms with Crippen LogP contribution in [0.5, 0.6) is 5.88 Å². The van der Waals surface area contributed by atoms with Crippen LogP contribution in [0.15, 0.2) is 24.4 Å². The van der Waals surface area contributed by atoms with Gasteiger partial charge in [-0.25, -0.2) is 4.98 Å². The van der Waals surface area contributed by atoms with Gasteiger partial charge in [-0.2, -0.15) is 0 Å². The molecule has 0 aliphatic carbocycles. The van der Waals surface area contributed by atoms with Gasteiger partial charge in [0.05, 0.1) is 24.2 Å². The number of aliphatic hydroxyl groups excluding tert-OH is 1. The zero-order valence-electron chi connectivity index (χ0n) is 12.2. The van der Waals surface area contributed by atoms with Crippen LogP contribution in [0, 0.1) is 6.42 Å². The molecule has 2 aromatic heterocycles. The first-order valence-corrected chi connectivity index (χ1v) is 7.29. The minimum Gasteiger partial charge on any atom is -0.481 e. The first-order valence-electron chi connectivity index (χ1n) is 7.29. The minimum atomic E-state index is -0.562. The number of piperidine rings is 1. The predicted octanol–water partition coefficient (Wildman–Crippen LogP) is 1.97. The summed E-state index contributed by atoms with van der Waals surface area (Å²) in [5.41, 5.74) is 2.31. The third kappa shape index (κ3) is 3.14. The van der Waals surface area contributed by atoms with Crippen molar-refractivity contribution in [2.24, 2.45) is 0 Å². The smallest absolute Gasteiger partial charge is 0.213 e. The Bertz CT molecular complexity index is 611. The van der Waals surface area contributed by atoms with Gasteiger partial charge in [0.25, 0.3) is 0 Å². The van der Waals surface area contributed by atoms with Crippen molar-refractivity contribution in [1.29, 1.82) is 0 Å². The maximum Gasteiger partial charge on any atom is 0.213 e. The molecule has 1 aliphatic heterocycles. The lowest BCUT2D eigenvalue weighted by molar-refractivity contribution is 0.109. The van der Waals surface area contributed by atoms with Crippen molar-refractivity contribution in [3.63, 3.8) is 0 Å². The summed E-state index contributed by atoms with van der Waals surface area (Å²) in [6.45, 7) is 2.65. The van der Waals surface area contributed by atoms with Crippen molar-refractivity contribution in [2.45, 2.75) is 18.9 Å². The van der Waals surface area contributed by atoms with Crippen molar-refractivity contribution in [3.05, 3.63) is 36.4 Å². The van der Waals surface area contributed by atoms with Gasteiger partial charge in [0, 0.05) is 24.4 Å². The van der Waals surface area contributed by atoms with Crippen LogP contribution in [0.2, 0.25) is 0 Å². The van der Waals surface area contributed by atoms with E-state index in [9.17, 15) is 5.11 Å². The summed E-state index contributed by atoms with van der Waals surface area (Å²) < 4.78 is 5.17. The summed E-state index contributed by atoms with van der Waals surface area (Å²) in [5.74, 6) is 0.538. The summed E-state index contributed by atoms with van der Waals surface area (Å²) in [6, 6.07) is 5.49. The number of likely N-dealkylation sites (tertiary alicyclic amines) is 1. The zero-order valence-corrected chi connectivity index (χ0v) is 12.2. The van der Waals surface area contributed by atoms with Gasteiger partial charge in [0.1, 0.15) is 0 Å². The van der Waals surface area contributed by atoms with Gasteiger partial charge in [0.15, 0.2) is 0 Å². The van der Waals surface area contributed by atoms with Gasteiger partial charge in [-0.15, -0.1) is 0 Å². The number of aromatic nitrogens is 2. The third-order valence-electron chi connectivity index (χ3n) is 3.89. The minimum absolute atomic E-state index is 0.538. The van der Waals surface area contributed by atoms with Crippen molar-refractivity contribution >= 4 is 11.0 Å². The van der Waals surface area contributed by atoms with E-state index in [1.165, 1.54) is 0 Å². The molecule has 0 amide bonds. The first kappa shape index (κ1) is 14.2. The van der Waals surface area contributed by atoms with Crippen molar-refractivity contribution in [3.8, 4) is 5.88 Å². The molecular weight excluding hydrogens is 266 g/mol. The molecule has 21 heavy (non-hydrogen) atoms. The molecule has 111 valence electrons. The molecule has 1 fully saturated rings. The molecule has 0 saturated carbocycles. The Morgan fingerprint density at radius 2 is 2.10 bits per heavy atom. The molecule has 2 aromatic rings. The Hall–Kier alpha value is -1.72. The highest BCUT2D eigenvalue weighted by molar-refractivity contribution is 5.78. The fraction of sp³-hybridized carbons (Fsp3) is 0.438. The van der Waals surface area contributed by atoms with E-state index in [0.717, 1.165) is 37.0 Å². The molecule has 1 N–H and O–H groups in total. The predicted molar refractivity (Wildman–Crippen MR) is 81.0 cm³/mol. The Labute approximate surface area is 124 Å². The van der Waals surface area contributed by atoms with Crippen LogP contribution in [-0.2, 0) is 0 Å². The van der Waals surface area contributed by atoms with Gasteiger partial charge in [-0.05, 0) is 44.5 Å². The molecule has 0 bridgehead atoms. The van der Waals surface area contributed by atoms with Crippen LogP contribution < -0.4 is 4.74 Å². The van der Waals surface area contributed by atoms with Crippen molar-refractivity contribution in [2.75, 3.05) is 26.7 Å². The van der Waals surface area contributed by atoms with E-state index in [1.54, 1.807) is 19.4 Å². The Balaban J connectivity index is 1.87. The number of hydrogen-bond acceptors (Lipinski definition) is 5. The third-order valence-corrected chi connectivity index (χ3v) is 3.89. The molecule has 1 radical (unpaired) electrons. The van der Waals surface area contributed by atoms with Crippen molar-refractivity contribution < 1.29 is 9.84 Å². The number of aliphatic hydroxyl groups is 1. The molecule has 3 heterocycles. The second-order valence-electron chi connectivity index (χ2n) is 5.30. The second-order valence-corrected chi connectivity index (χ2v) is 5.30. The highest BCUT2D eigenvalue weighted by atomic mass is 16.5. The second kappa shape index (κ2) is 6.37. The van der Waals surface area contributed by atoms with Crippen molar-refractivity contribution in [1.82, 2.24) is 14.9 Å². The quantitative estimate of drug-likeness (QED) is 0.931. The van der Waals surface area contributed by atoms with E-state index in [1.807, 2.05) is 12.1 Å². The molecule has 3 rings (SSSR count). The number of ether oxygens (including phenoxy) is 1. The number of methoxy groups -OCH3 is 1. The fourth-order valence-electron chi connectivity index (χ4n) is 2.74. The lowest BCUT2D eigenvalue weighted by Crippen LogP contribution is -2.33. The normalized spacial score (nSPS) is 17.8. The van der Waals surface area contributed by atoms with E-state index in [2.05, 4.69) is 21.3 Å². The first-order chi connectivity index (χ1) is 10.3. The molecule has 1 saturated heterocycles. The van der Waals surface area contributed by atoms with Crippen LogP contribution in [0.1, 0.15) is 24.5 Å². The number of β-amino-alcohol motifs (C(OH)–C–C–N with tert-alkyl or cyclic N) is 1.